The molecule has 1 rings (SSSR count). The lowest BCUT2D eigenvalue weighted by Gasteiger charge is -2.19. The van der Waals surface area contributed by atoms with Gasteiger partial charge in [0.05, 0.1) is 5.02 Å². The molecule has 0 saturated carbocycles. The molecule has 1 atom stereocenters. The van der Waals surface area contributed by atoms with E-state index in [4.69, 9.17) is 11.6 Å². The monoisotopic (exact) mass is 297 g/mol. The average Bonchev–Trinajstić information content (AvgIpc) is 2.43. The fourth-order valence-corrected chi connectivity index (χ4v) is 3.08. The van der Waals surface area contributed by atoms with Crippen molar-refractivity contribution in [1.82, 2.24) is 5.32 Å². The average molecular weight is 298 g/mol. The summed E-state index contributed by atoms with van der Waals surface area (Å²) >= 11 is 8.01. The summed E-state index contributed by atoms with van der Waals surface area (Å²) in [6.45, 7) is 9.54. The molecule has 0 radical (unpaired) electrons. The molecule has 0 spiro atoms. The molecule has 0 bridgehead atoms. The van der Waals surface area contributed by atoms with Crippen LogP contribution in [0.5, 0.6) is 0 Å². The number of hydrogen-bond acceptors (Lipinski definition) is 2. The van der Waals surface area contributed by atoms with E-state index >= 15 is 0 Å². The van der Waals surface area contributed by atoms with Crippen LogP contribution in [0.1, 0.15) is 33.1 Å². The van der Waals surface area contributed by atoms with Gasteiger partial charge in [-0.05, 0) is 37.9 Å². The Balaban J connectivity index is 2.52. The van der Waals surface area contributed by atoms with Crippen LogP contribution in [0.4, 0.5) is 0 Å². The molecular weight excluding hydrogens is 274 g/mol. The molecule has 0 aromatic heterocycles. The van der Waals surface area contributed by atoms with Gasteiger partial charge in [-0.2, -0.15) is 0 Å². The van der Waals surface area contributed by atoms with Gasteiger partial charge in [0, 0.05) is 16.7 Å². The third-order valence-corrected chi connectivity index (χ3v) is 4.67. The van der Waals surface area contributed by atoms with Gasteiger partial charge in [0.2, 0.25) is 0 Å². The summed E-state index contributed by atoms with van der Waals surface area (Å²) in [7, 11) is 0. The molecule has 0 aliphatic rings. The van der Waals surface area contributed by atoms with Crippen LogP contribution in [0.2, 0.25) is 5.02 Å². The van der Waals surface area contributed by atoms with E-state index in [0.717, 1.165) is 41.5 Å². The highest BCUT2D eigenvalue weighted by Gasteiger charge is 2.10. The number of thioether (sulfide) groups is 1. The Bertz CT molecular complexity index is 392. The maximum Gasteiger partial charge on any atom is 0.0541 e. The van der Waals surface area contributed by atoms with E-state index in [1.54, 1.807) is 0 Å². The predicted octanol–water partition coefficient (Wildman–Crippen LogP) is 5.16. The van der Waals surface area contributed by atoms with Crippen molar-refractivity contribution >= 4 is 23.4 Å². The van der Waals surface area contributed by atoms with Gasteiger partial charge < -0.3 is 5.32 Å². The Labute approximate surface area is 126 Å². The molecule has 0 aliphatic heterocycles. The van der Waals surface area contributed by atoms with Crippen molar-refractivity contribution in [3.63, 3.8) is 0 Å². The standard InChI is InChI=1S/C16H24ClNS/c1-4-10-18-14(11-13(3)5-2)12-19-16-9-7-6-8-15(16)17/h6-9,14,18H,3-5,10-12H2,1-2H3. The predicted molar refractivity (Wildman–Crippen MR) is 88.3 cm³/mol. The zero-order valence-electron chi connectivity index (χ0n) is 11.9. The Morgan fingerprint density at radius 3 is 2.74 bits per heavy atom. The first-order chi connectivity index (χ1) is 9.17. The Morgan fingerprint density at radius 1 is 1.37 bits per heavy atom. The zero-order chi connectivity index (χ0) is 14.1. The number of benzene rings is 1. The second-order valence-corrected chi connectivity index (χ2v) is 6.17. The molecule has 106 valence electrons. The minimum absolute atomic E-state index is 0.480. The summed E-state index contributed by atoms with van der Waals surface area (Å²) in [5.74, 6) is 1.03. The molecule has 1 nitrogen and oxygen atoms in total. The fraction of sp³-hybridized carbons (Fsp3) is 0.500. The van der Waals surface area contributed by atoms with Gasteiger partial charge in [-0.25, -0.2) is 0 Å². The number of nitrogens with one attached hydrogen (secondary N) is 1. The highest BCUT2D eigenvalue weighted by molar-refractivity contribution is 7.99. The number of rotatable bonds is 9. The van der Waals surface area contributed by atoms with E-state index in [1.165, 1.54) is 5.57 Å². The minimum Gasteiger partial charge on any atom is -0.313 e. The van der Waals surface area contributed by atoms with Crippen molar-refractivity contribution in [2.24, 2.45) is 0 Å². The van der Waals surface area contributed by atoms with E-state index in [-0.39, 0.29) is 0 Å². The summed E-state index contributed by atoms with van der Waals surface area (Å²) in [6, 6.07) is 8.52. The molecular formula is C16H24ClNS. The van der Waals surface area contributed by atoms with Gasteiger partial charge in [-0.15, -0.1) is 11.8 Å². The van der Waals surface area contributed by atoms with Gasteiger partial charge in [0.1, 0.15) is 0 Å². The molecule has 0 saturated heterocycles. The molecule has 0 aliphatic carbocycles. The van der Waals surface area contributed by atoms with Crippen LogP contribution in [0.25, 0.3) is 0 Å². The lowest BCUT2D eigenvalue weighted by atomic mass is 10.1. The summed E-state index contributed by atoms with van der Waals surface area (Å²) in [5.41, 5.74) is 1.31. The van der Waals surface area contributed by atoms with Crippen LogP contribution >= 0.6 is 23.4 Å². The minimum atomic E-state index is 0.480. The zero-order valence-corrected chi connectivity index (χ0v) is 13.5. The Morgan fingerprint density at radius 2 is 2.11 bits per heavy atom. The van der Waals surface area contributed by atoms with E-state index < -0.39 is 0 Å². The molecule has 19 heavy (non-hydrogen) atoms. The topological polar surface area (TPSA) is 12.0 Å². The molecule has 1 unspecified atom stereocenters. The van der Waals surface area contributed by atoms with Crippen molar-refractivity contribution in [3.05, 3.63) is 41.4 Å². The Hall–Kier alpha value is -0.440. The Kier molecular flexibility index (Phi) is 8.27. The van der Waals surface area contributed by atoms with E-state index in [0.29, 0.717) is 6.04 Å². The maximum atomic E-state index is 6.19. The fourth-order valence-electron chi connectivity index (χ4n) is 1.78. The molecule has 1 aromatic rings. The summed E-state index contributed by atoms with van der Waals surface area (Å²) in [5, 5.41) is 4.44. The summed E-state index contributed by atoms with van der Waals surface area (Å²) in [4.78, 5) is 1.16. The van der Waals surface area contributed by atoms with Gasteiger partial charge in [-0.3, -0.25) is 0 Å². The van der Waals surface area contributed by atoms with Gasteiger partial charge in [0.25, 0.3) is 0 Å². The molecule has 0 amide bonds. The number of halogens is 1. The van der Waals surface area contributed by atoms with Gasteiger partial charge in [-0.1, -0.05) is 49.7 Å². The van der Waals surface area contributed by atoms with Crippen LogP contribution in [0.15, 0.2) is 41.3 Å². The second kappa shape index (κ2) is 9.46. The van der Waals surface area contributed by atoms with E-state index in [1.807, 2.05) is 30.0 Å². The van der Waals surface area contributed by atoms with Crippen molar-refractivity contribution in [2.75, 3.05) is 12.3 Å². The van der Waals surface area contributed by atoms with Crippen molar-refractivity contribution < 1.29 is 0 Å². The third kappa shape index (κ3) is 6.51. The van der Waals surface area contributed by atoms with Gasteiger partial charge >= 0.3 is 0 Å². The lowest BCUT2D eigenvalue weighted by Crippen LogP contribution is -2.32. The smallest absolute Gasteiger partial charge is 0.0541 e. The first kappa shape index (κ1) is 16.6. The van der Waals surface area contributed by atoms with Crippen LogP contribution in [-0.2, 0) is 0 Å². The quantitative estimate of drug-likeness (QED) is 0.499. The molecule has 3 heteroatoms. The van der Waals surface area contributed by atoms with Crippen LogP contribution in [-0.4, -0.2) is 18.3 Å². The van der Waals surface area contributed by atoms with Crippen molar-refractivity contribution in [3.8, 4) is 0 Å². The molecule has 0 fully saturated rings. The second-order valence-electron chi connectivity index (χ2n) is 4.70. The first-order valence-corrected chi connectivity index (χ1v) is 8.31. The molecule has 0 heterocycles. The van der Waals surface area contributed by atoms with Crippen molar-refractivity contribution in [1.29, 1.82) is 0 Å². The largest absolute Gasteiger partial charge is 0.313 e. The van der Waals surface area contributed by atoms with E-state index in [9.17, 15) is 0 Å². The van der Waals surface area contributed by atoms with Crippen LogP contribution < -0.4 is 5.32 Å². The first-order valence-electron chi connectivity index (χ1n) is 6.94. The highest BCUT2D eigenvalue weighted by Crippen LogP contribution is 2.27. The number of hydrogen-bond donors (Lipinski definition) is 1. The van der Waals surface area contributed by atoms with Crippen molar-refractivity contribution in [2.45, 2.75) is 44.0 Å². The molecule has 1 aromatic carbocycles. The van der Waals surface area contributed by atoms with Crippen LogP contribution in [0, 0.1) is 0 Å². The van der Waals surface area contributed by atoms with E-state index in [2.05, 4.69) is 31.8 Å². The normalized spacial score (nSPS) is 12.4. The SMILES string of the molecule is C=C(CC)CC(CSc1ccccc1Cl)NCCC. The lowest BCUT2D eigenvalue weighted by molar-refractivity contribution is 0.544. The third-order valence-electron chi connectivity index (χ3n) is 2.99. The summed E-state index contributed by atoms with van der Waals surface area (Å²) in [6.07, 6.45) is 3.26. The molecule has 1 N–H and O–H groups in total. The maximum absolute atomic E-state index is 6.19. The highest BCUT2D eigenvalue weighted by atomic mass is 35.5. The van der Waals surface area contributed by atoms with Crippen LogP contribution in [0.3, 0.4) is 0 Å². The van der Waals surface area contributed by atoms with Gasteiger partial charge in [0.15, 0.2) is 0 Å². The summed E-state index contributed by atoms with van der Waals surface area (Å²) < 4.78 is 0.